The van der Waals surface area contributed by atoms with E-state index in [1.807, 2.05) is 0 Å². The molecule has 23 heavy (non-hydrogen) atoms. The molecule has 4 saturated carbocycles. The van der Waals surface area contributed by atoms with Crippen molar-refractivity contribution in [2.45, 2.75) is 96.7 Å². The molecular weight excluding hydrogens is 284 g/mol. The lowest BCUT2D eigenvalue weighted by molar-refractivity contribution is -0.159. The van der Waals surface area contributed by atoms with Gasteiger partial charge in [-0.25, -0.2) is 0 Å². The summed E-state index contributed by atoms with van der Waals surface area (Å²) >= 11 is 0. The molecule has 0 heterocycles. The van der Waals surface area contributed by atoms with Crippen LogP contribution in [0.5, 0.6) is 0 Å². The lowest BCUT2D eigenvalue weighted by Crippen LogP contribution is -2.56. The second-order valence-electron chi connectivity index (χ2n) is 9.97. The number of hydrogen-bond donors (Lipinski definition) is 2. The Kier molecular flexibility index (Phi) is 3.71. The molecular formula is C21H36O2. The summed E-state index contributed by atoms with van der Waals surface area (Å²) in [6, 6.07) is 0. The fourth-order valence-corrected chi connectivity index (χ4v) is 7.93. The zero-order chi connectivity index (χ0) is 16.5. The molecule has 0 aromatic heterocycles. The molecule has 0 bridgehead atoms. The van der Waals surface area contributed by atoms with Gasteiger partial charge in [0.15, 0.2) is 0 Å². The van der Waals surface area contributed by atoms with E-state index in [1.54, 1.807) is 0 Å². The first-order valence-corrected chi connectivity index (χ1v) is 10.2. The molecule has 2 nitrogen and oxygen atoms in total. The van der Waals surface area contributed by atoms with E-state index in [2.05, 4.69) is 20.8 Å². The van der Waals surface area contributed by atoms with E-state index in [-0.39, 0.29) is 11.5 Å². The van der Waals surface area contributed by atoms with Crippen molar-refractivity contribution in [1.82, 2.24) is 0 Å². The van der Waals surface area contributed by atoms with E-state index in [4.69, 9.17) is 0 Å². The Bertz CT molecular complexity index is 476. The van der Waals surface area contributed by atoms with Gasteiger partial charge in [0.05, 0.1) is 11.7 Å². The number of rotatable bonds is 1. The number of hydrogen-bond acceptors (Lipinski definition) is 2. The Morgan fingerprint density at radius 2 is 1.65 bits per heavy atom. The summed E-state index contributed by atoms with van der Waals surface area (Å²) in [7, 11) is 0. The number of aliphatic hydroxyl groups excluding tert-OH is 1. The highest BCUT2D eigenvalue weighted by atomic mass is 16.3. The first-order chi connectivity index (χ1) is 10.8. The monoisotopic (exact) mass is 320 g/mol. The quantitative estimate of drug-likeness (QED) is 0.745. The van der Waals surface area contributed by atoms with Gasteiger partial charge < -0.3 is 10.2 Å². The minimum absolute atomic E-state index is 0.0462. The third-order valence-corrected chi connectivity index (χ3v) is 9.54. The van der Waals surface area contributed by atoms with Crippen molar-refractivity contribution in [1.29, 1.82) is 0 Å². The second-order valence-corrected chi connectivity index (χ2v) is 9.97. The highest BCUT2D eigenvalue weighted by Crippen LogP contribution is 2.68. The Morgan fingerprint density at radius 1 is 0.913 bits per heavy atom. The van der Waals surface area contributed by atoms with Crippen LogP contribution in [-0.2, 0) is 0 Å². The van der Waals surface area contributed by atoms with E-state index in [0.717, 1.165) is 49.4 Å². The van der Waals surface area contributed by atoms with Crippen LogP contribution in [0.3, 0.4) is 0 Å². The Labute approximate surface area is 142 Å². The Morgan fingerprint density at radius 3 is 2.39 bits per heavy atom. The van der Waals surface area contributed by atoms with E-state index in [0.29, 0.717) is 5.41 Å². The van der Waals surface area contributed by atoms with Gasteiger partial charge in [-0.2, -0.15) is 0 Å². The molecule has 8 atom stereocenters. The maximum atomic E-state index is 11.2. The smallest absolute Gasteiger partial charge is 0.0701 e. The van der Waals surface area contributed by atoms with Crippen molar-refractivity contribution in [3.8, 4) is 0 Å². The highest BCUT2D eigenvalue weighted by Gasteiger charge is 2.63. The second kappa shape index (κ2) is 5.21. The van der Waals surface area contributed by atoms with Gasteiger partial charge >= 0.3 is 0 Å². The molecule has 0 spiro atoms. The normalized spacial score (nSPS) is 59.1. The third kappa shape index (κ3) is 2.06. The van der Waals surface area contributed by atoms with E-state index in [1.165, 1.54) is 38.5 Å². The SMILES string of the molecule is CC[C@]1(O)CC[C@H]2[C@@H]3CC[C@H]4C[C@@H](O)CC[C@]4(C)[C@H]3CC[C@@]21C. The summed E-state index contributed by atoms with van der Waals surface area (Å²) in [5.74, 6) is 3.14. The lowest BCUT2D eigenvalue weighted by Gasteiger charge is -2.61. The molecule has 4 aliphatic carbocycles. The molecule has 0 radical (unpaired) electrons. The molecule has 0 unspecified atom stereocenters. The largest absolute Gasteiger partial charge is 0.393 e. The first kappa shape index (κ1) is 16.4. The molecule has 0 saturated heterocycles. The summed E-state index contributed by atoms with van der Waals surface area (Å²) in [6.07, 6.45) is 11.6. The van der Waals surface area contributed by atoms with Gasteiger partial charge in [0, 0.05) is 0 Å². The summed E-state index contributed by atoms with van der Waals surface area (Å²) in [5.41, 5.74) is 0.194. The molecule has 4 aliphatic rings. The van der Waals surface area contributed by atoms with Gasteiger partial charge in [-0.3, -0.25) is 0 Å². The molecule has 132 valence electrons. The zero-order valence-electron chi connectivity index (χ0n) is 15.4. The van der Waals surface area contributed by atoms with Gasteiger partial charge in [0.1, 0.15) is 0 Å². The predicted octanol–water partition coefficient (Wildman–Crippen LogP) is 4.53. The summed E-state index contributed by atoms with van der Waals surface area (Å²) in [5, 5.41) is 21.4. The van der Waals surface area contributed by atoms with E-state index >= 15 is 0 Å². The average Bonchev–Trinajstić information content (AvgIpc) is 2.80. The van der Waals surface area contributed by atoms with Crippen LogP contribution in [0.2, 0.25) is 0 Å². The van der Waals surface area contributed by atoms with Gasteiger partial charge in [0.2, 0.25) is 0 Å². The molecule has 0 amide bonds. The van der Waals surface area contributed by atoms with E-state index < -0.39 is 5.60 Å². The van der Waals surface area contributed by atoms with Gasteiger partial charge in [-0.15, -0.1) is 0 Å². The highest BCUT2D eigenvalue weighted by molar-refractivity contribution is 5.13. The zero-order valence-corrected chi connectivity index (χ0v) is 15.4. The van der Waals surface area contributed by atoms with Crippen LogP contribution in [-0.4, -0.2) is 21.9 Å². The molecule has 2 heteroatoms. The topological polar surface area (TPSA) is 40.5 Å². The average molecular weight is 321 g/mol. The molecule has 0 aromatic rings. The Balaban J connectivity index is 1.63. The van der Waals surface area contributed by atoms with Crippen molar-refractivity contribution in [3.63, 3.8) is 0 Å². The van der Waals surface area contributed by atoms with Crippen molar-refractivity contribution in [3.05, 3.63) is 0 Å². The van der Waals surface area contributed by atoms with Gasteiger partial charge in [0.25, 0.3) is 0 Å². The predicted molar refractivity (Wildman–Crippen MR) is 93.0 cm³/mol. The fourth-order valence-electron chi connectivity index (χ4n) is 7.93. The fraction of sp³-hybridized carbons (Fsp3) is 1.00. The minimum Gasteiger partial charge on any atom is -0.393 e. The van der Waals surface area contributed by atoms with Crippen molar-refractivity contribution in [2.24, 2.45) is 34.5 Å². The molecule has 0 aromatic carbocycles. The van der Waals surface area contributed by atoms with Crippen LogP contribution in [0, 0.1) is 34.5 Å². The molecule has 0 aliphatic heterocycles. The van der Waals surface area contributed by atoms with E-state index in [9.17, 15) is 10.2 Å². The Hall–Kier alpha value is -0.0800. The van der Waals surface area contributed by atoms with Crippen molar-refractivity contribution in [2.75, 3.05) is 0 Å². The molecule has 2 N–H and O–H groups in total. The third-order valence-electron chi connectivity index (χ3n) is 9.54. The lowest BCUT2D eigenvalue weighted by atomic mass is 9.44. The molecule has 4 rings (SSSR count). The minimum atomic E-state index is -0.414. The van der Waals surface area contributed by atoms with Gasteiger partial charge in [-0.05, 0) is 98.7 Å². The summed E-state index contributed by atoms with van der Waals surface area (Å²) < 4.78 is 0. The van der Waals surface area contributed by atoms with Crippen LogP contribution < -0.4 is 0 Å². The first-order valence-electron chi connectivity index (χ1n) is 10.2. The van der Waals surface area contributed by atoms with Crippen LogP contribution in [0.1, 0.15) is 85.0 Å². The molecule has 4 fully saturated rings. The summed E-state index contributed by atoms with van der Waals surface area (Å²) in [4.78, 5) is 0. The standard InChI is InChI=1S/C21H36O2/c1-4-21(23)12-9-18-16-6-5-14-13-15(22)7-10-19(14,2)17(16)8-11-20(18,21)3/h14-18,22-23H,4-13H2,1-3H3/t14-,15-,16+,17-,18-,19-,20-,21-/m0/s1. The maximum absolute atomic E-state index is 11.2. The van der Waals surface area contributed by atoms with Gasteiger partial charge in [-0.1, -0.05) is 20.8 Å². The number of fused-ring (bicyclic) bond motifs is 5. The number of aliphatic hydroxyl groups is 2. The van der Waals surface area contributed by atoms with Crippen LogP contribution in [0.4, 0.5) is 0 Å². The maximum Gasteiger partial charge on any atom is 0.0701 e. The van der Waals surface area contributed by atoms with Crippen molar-refractivity contribution >= 4 is 0 Å². The van der Waals surface area contributed by atoms with Crippen LogP contribution in [0.15, 0.2) is 0 Å². The van der Waals surface area contributed by atoms with Crippen molar-refractivity contribution < 1.29 is 10.2 Å². The van der Waals surface area contributed by atoms with Crippen LogP contribution >= 0.6 is 0 Å². The summed E-state index contributed by atoms with van der Waals surface area (Å²) in [6.45, 7) is 7.13. The van der Waals surface area contributed by atoms with Crippen LogP contribution in [0.25, 0.3) is 0 Å².